The van der Waals surface area contributed by atoms with Crippen LogP contribution in [-0.2, 0) is 17.8 Å². The molecule has 4 aliphatic heterocycles. The molecule has 376 valence electrons. The molecule has 10 rings (SSSR count). The number of benzene rings is 2. The minimum absolute atomic E-state index is 0.00291. The van der Waals surface area contributed by atoms with Gasteiger partial charge in [-0.1, -0.05) is 12.1 Å². The number of aliphatic hydroxyl groups excluding tert-OH is 2. The fourth-order valence-electron chi connectivity index (χ4n) is 10.5. The van der Waals surface area contributed by atoms with Gasteiger partial charge in [0.1, 0.15) is 17.2 Å². The van der Waals surface area contributed by atoms with Gasteiger partial charge < -0.3 is 30.1 Å². The van der Waals surface area contributed by atoms with E-state index in [1.807, 2.05) is 38.1 Å². The number of fused-ring (bicyclic) bond motifs is 2. The molecule has 0 radical (unpaired) electrons. The van der Waals surface area contributed by atoms with E-state index in [-0.39, 0.29) is 100 Å². The van der Waals surface area contributed by atoms with Gasteiger partial charge in [-0.3, -0.25) is 9.59 Å². The number of pyridine rings is 2. The Morgan fingerprint density at radius 3 is 1.60 bits per heavy atom. The predicted octanol–water partition coefficient (Wildman–Crippen LogP) is 7.50. The topological polar surface area (TPSA) is 232 Å². The summed E-state index contributed by atoms with van der Waals surface area (Å²) in [5, 5.41) is 51.7. The third-order valence-corrected chi connectivity index (χ3v) is 13.5. The lowest BCUT2D eigenvalue weighted by atomic mass is 9.95. The van der Waals surface area contributed by atoms with Crippen molar-refractivity contribution in [2.45, 2.75) is 129 Å². The normalized spacial score (nSPS) is 21.4. The van der Waals surface area contributed by atoms with E-state index in [2.05, 4.69) is 38.9 Å². The molecule has 0 bridgehead atoms. The third-order valence-electron chi connectivity index (χ3n) is 13.5. The quantitative estimate of drug-likeness (QED) is 0.147. The highest BCUT2D eigenvalue weighted by molar-refractivity contribution is 6.09. The second kappa shape index (κ2) is 19.5. The maximum atomic E-state index is 15.0. The van der Waals surface area contributed by atoms with Crippen LogP contribution in [0.1, 0.15) is 117 Å². The van der Waals surface area contributed by atoms with Crippen LogP contribution in [0.25, 0.3) is 33.9 Å². The molecule has 0 unspecified atom stereocenters. The van der Waals surface area contributed by atoms with Crippen LogP contribution in [0.2, 0.25) is 0 Å². The summed E-state index contributed by atoms with van der Waals surface area (Å²) in [6.45, 7) is 13.3. The van der Waals surface area contributed by atoms with Crippen molar-refractivity contribution in [2.24, 2.45) is 0 Å². The summed E-state index contributed by atoms with van der Waals surface area (Å²) in [5.74, 6) is -0.685. The number of hydrogen-bond donors (Lipinski definition) is 3. The first-order valence-electron chi connectivity index (χ1n) is 24.1. The number of nitrogens with zero attached hydrogens (tertiary/aromatic N) is 11. The first-order valence-corrected chi connectivity index (χ1v) is 24.1. The van der Waals surface area contributed by atoms with Crippen LogP contribution in [0.15, 0.2) is 73.1 Å². The second-order valence-electron chi connectivity index (χ2n) is 20.0. The molecule has 2 aromatic carbocycles. The number of hydrogen-bond acceptors (Lipinski definition) is 14. The summed E-state index contributed by atoms with van der Waals surface area (Å²) in [4.78, 5) is 53.4. The summed E-state index contributed by atoms with van der Waals surface area (Å²) in [5.41, 5.74) is 1.98. The number of nitriles is 2. The van der Waals surface area contributed by atoms with Crippen molar-refractivity contribution in [3.8, 4) is 46.0 Å². The number of halogens is 2. The molecule has 3 N–H and O–H groups in total. The Kier molecular flexibility index (Phi) is 13.3. The largest absolute Gasteiger partial charge is 0.443 e. The van der Waals surface area contributed by atoms with Gasteiger partial charge in [0.05, 0.1) is 105 Å². The van der Waals surface area contributed by atoms with E-state index in [0.717, 1.165) is 10.7 Å². The lowest BCUT2D eigenvalue weighted by Crippen LogP contribution is -2.48. The number of rotatable bonds is 6. The van der Waals surface area contributed by atoms with Gasteiger partial charge in [0.2, 0.25) is 0 Å². The lowest BCUT2D eigenvalue weighted by Gasteiger charge is -2.41. The van der Waals surface area contributed by atoms with Gasteiger partial charge in [-0.2, -0.15) is 20.7 Å². The van der Waals surface area contributed by atoms with E-state index in [0.29, 0.717) is 54.1 Å². The van der Waals surface area contributed by atoms with Crippen molar-refractivity contribution in [1.82, 2.24) is 39.7 Å². The average molecular weight is 993 g/mol. The van der Waals surface area contributed by atoms with Gasteiger partial charge >= 0.3 is 6.09 Å². The van der Waals surface area contributed by atoms with Crippen LogP contribution < -0.4 is 15.1 Å². The van der Waals surface area contributed by atoms with E-state index in [1.165, 1.54) is 47.1 Å². The number of carbonyl (C=O) groups is 3. The summed E-state index contributed by atoms with van der Waals surface area (Å²) < 4.78 is 38.3. The Hall–Kier alpha value is -8.07. The highest BCUT2D eigenvalue weighted by atomic mass is 19.1. The Morgan fingerprint density at radius 1 is 0.699 bits per heavy atom. The molecule has 4 atom stereocenters. The van der Waals surface area contributed by atoms with Crippen LogP contribution in [-0.4, -0.2) is 105 Å². The van der Waals surface area contributed by atoms with Crippen LogP contribution in [0, 0.1) is 34.3 Å². The molecule has 0 aliphatic carbocycles. The van der Waals surface area contributed by atoms with Crippen molar-refractivity contribution in [3.63, 3.8) is 0 Å². The molecule has 18 nitrogen and oxygen atoms in total. The van der Waals surface area contributed by atoms with Gasteiger partial charge in [-0.15, -0.1) is 0 Å². The third kappa shape index (κ3) is 9.59. The van der Waals surface area contributed by atoms with Crippen LogP contribution in [0.5, 0.6) is 0 Å². The SMILES string of the molecule is C[C@@H]1CC(O)C[C@@H](C)N1c1ccn(-c2cc(-c3c(F)cccc3C#N)nc3c2C(=O)N(C(=O)OC(C)(C)C)C3)n1.C[C@@H]1CC(O)C[C@@H](C)N1c1ccn(-c2cc(-c3c(F)cccc3C#N)nc3c2C(=O)NC3)n1. The lowest BCUT2D eigenvalue weighted by molar-refractivity contribution is 0.0246. The molecule has 0 saturated carbocycles. The van der Waals surface area contributed by atoms with Crippen LogP contribution >= 0.6 is 0 Å². The number of nitrogens with one attached hydrogen (secondary N) is 1. The summed E-state index contributed by atoms with van der Waals surface area (Å²) >= 11 is 0. The first-order chi connectivity index (χ1) is 34.7. The Bertz CT molecular complexity index is 3240. The molecule has 6 aromatic rings. The summed E-state index contributed by atoms with van der Waals surface area (Å²) in [6.07, 6.45) is 4.41. The monoisotopic (exact) mass is 992 g/mol. The zero-order valence-electron chi connectivity index (χ0n) is 41.3. The van der Waals surface area contributed by atoms with Crippen LogP contribution in [0.3, 0.4) is 0 Å². The number of ether oxygens (including phenoxy) is 1. The molecule has 0 spiro atoms. The van der Waals surface area contributed by atoms with Crippen molar-refractivity contribution in [3.05, 3.63) is 118 Å². The zero-order valence-corrected chi connectivity index (χ0v) is 41.3. The molecule has 73 heavy (non-hydrogen) atoms. The number of piperidine rings is 2. The number of aromatic nitrogens is 6. The minimum Gasteiger partial charge on any atom is -0.443 e. The van der Waals surface area contributed by atoms with E-state index >= 15 is 4.39 Å². The van der Waals surface area contributed by atoms with Crippen molar-refractivity contribution in [2.75, 3.05) is 9.80 Å². The number of amides is 3. The Morgan fingerprint density at radius 2 is 1.15 bits per heavy atom. The fourth-order valence-corrected chi connectivity index (χ4v) is 10.5. The zero-order chi connectivity index (χ0) is 52.2. The van der Waals surface area contributed by atoms with Gasteiger partial charge in [0, 0.05) is 48.7 Å². The Labute approximate surface area is 420 Å². The predicted molar refractivity (Wildman–Crippen MR) is 264 cm³/mol. The summed E-state index contributed by atoms with van der Waals surface area (Å²) in [7, 11) is 0. The van der Waals surface area contributed by atoms with Crippen molar-refractivity contribution >= 4 is 29.5 Å². The van der Waals surface area contributed by atoms with E-state index < -0.39 is 29.2 Å². The molecular formula is C53H54F2N12O6. The molecule has 4 aromatic heterocycles. The maximum absolute atomic E-state index is 15.0. The van der Waals surface area contributed by atoms with E-state index in [9.17, 15) is 39.5 Å². The number of anilines is 2. The van der Waals surface area contributed by atoms with E-state index in [1.54, 1.807) is 43.9 Å². The molecule has 8 heterocycles. The molecule has 4 aliphatic rings. The van der Waals surface area contributed by atoms with Crippen molar-refractivity contribution < 1.29 is 38.1 Å². The number of aliphatic hydroxyl groups is 2. The van der Waals surface area contributed by atoms with Gasteiger partial charge in [0.25, 0.3) is 11.8 Å². The van der Waals surface area contributed by atoms with Crippen LogP contribution in [0.4, 0.5) is 25.2 Å². The minimum atomic E-state index is -0.825. The number of imide groups is 1. The number of carbonyl (C=O) groups excluding carboxylic acids is 3. The molecule has 20 heteroatoms. The van der Waals surface area contributed by atoms with Gasteiger partial charge in [-0.05, 0) is 111 Å². The fraction of sp³-hybridized carbons (Fsp3) is 0.377. The first kappa shape index (κ1) is 49.9. The van der Waals surface area contributed by atoms with Crippen molar-refractivity contribution in [1.29, 1.82) is 10.5 Å². The molecule has 3 amide bonds. The smallest absolute Gasteiger partial charge is 0.417 e. The highest BCUT2D eigenvalue weighted by Crippen LogP contribution is 2.37. The highest BCUT2D eigenvalue weighted by Gasteiger charge is 2.40. The summed E-state index contributed by atoms with van der Waals surface area (Å²) in [6, 6.07) is 19.6. The molecule has 2 saturated heterocycles. The maximum Gasteiger partial charge on any atom is 0.417 e. The standard InChI is InChI=1S/C29H31FN6O4.C24H23FN6O2/c1-16-11-19(37)12-17(2)36(16)24-9-10-35(33-24)23-13-21(25-18(14-31)7-6-8-20(25)30)32-22-15-34(27(38)26(22)23)28(39)40-29(3,4)5;1-13-8-16(32)9-14(2)31(13)21-6-7-30(29-21)20-10-18(28-19-12-27-24(33)23(19)20)22-15(11-26)4-3-5-17(22)25/h6-10,13,16-17,19,37H,11-12,15H2,1-5H3;3-7,10,13-14,16,32H,8-9,12H2,1-2H3,(H,27,33)/t16-,17-;13-,14-/m11/s1. The Balaban J connectivity index is 0.000000183. The average Bonchev–Trinajstić information content (AvgIpc) is 4.15. The molecular weight excluding hydrogens is 939 g/mol. The molecule has 2 fully saturated rings. The van der Waals surface area contributed by atoms with Gasteiger partial charge in [-0.25, -0.2) is 37.8 Å². The van der Waals surface area contributed by atoms with Gasteiger partial charge in [0.15, 0.2) is 11.6 Å². The second-order valence-corrected chi connectivity index (χ2v) is 20.0. The van der Waals surface area contributed by atoms with E-state index in [4.69, 9.17) is 14.9 Å².